The molecular formula is C18H27F2IN4O. The Balaban J connectivity index is 0.00000243. The van der Waals surface area contributed by atoms with Crippen molar-refractivity contribution >= 4 is 35.6 Å². The second-order valence-electron chi connectivity index (χ2n) is 6.50. The number of ether oxygens (including phenoxy) is 1. The first-order valence-corrected chi connectivity index (χ1v) is 9.02. The molecule has 8 heteroatoms. The van der Waals surface area contributed by atoms with Crippen LogP contribution in [0.1, 0.15) is 26.2 Å². The number of nitrogens with zero attached hydrogens (tertiary/aromatic N) is 2. The van der Waals surface area contributed by atoms with Crippen LogP contribution in [0.2, 0.25) is 0 Å². The Labute approximate surface area is 170 Å². The van der Waals surface area contributed by atoms with Gasteiger partial charge in [-0.25, -0.2) is 8.78 Å². The number of benzene rings is 1. The van der Waals surface area contributed by atoms with Crippen LogP contribution in [0.4, 0.5) is 14.5 Å². The monoisotopic (exact) mass is 480 g/mol. The summed E-state index contributed by atoms with van der Waals surface area (Å²) in [6.07, 6.45) is 3.14. The van der Waals surface area contributed by atoms with E-state index in [1.807, 2.05) is 6.92 Å². The van der Waals surface area contributed by atoms with Crippen LogP contribution in [-0.2, 0) is 4.74 Å². The normalized spacial score (nSPS) is 23.0. The van der Waals surface area contributed by atoms with Crippen molar-refractivity contribution in [2.75, 3.05) is 37.7 Å². The van der Waals surface area contributed by atoms with E-state index in [0.717, 1.165) is 38.4 Å². The lowest BCUT2D eigenvalue weighted by Crippen LogP contribution is -2.45. The quantitative estimate of drug-likeness (QED) is 0.387. The molecule has 5 nitrogen and oxygen atoms in total. The molecule has 1 aromatic rings. The smallest absolute Gasteiger partial charge is 0.191 e. The number of hydrogen-bond donors (Lipinski definition) is 2. The Hall–Kier alpha value is -1.16. The minimum Gasteiger partial charge on any atom is -0.376 e. The van der Waals surface area contributed by atoms with Gasteiger partial charge in [-0.2, -0.15) is 0 Å². The number of anilines is 1. The average Bonchev–Trinajstić information content (AvgIpc) is 3.25. The highest BCUT2D eigenvalue weighted by Gasteiger charge is 2.27. The van der Waals surface area contributed by atoms with Crippen molar-refractivity contribution in [3.05, 3.63) is 29.8 Å². The lowest BCUT2D eigenvalue weighted by molar-refractivity contribution is 0.117. The zero-order valence-electron chi connectivity index (χ0n) is 15.0. The Morgan fingerprint density at radius 3 is 2.73 bits per heavy atom. The standard InChI is InChI=1S/C18H26F2N4O.HI/c1-2-21-18(22-11-14-5-4-10-25-14)23-13-8-9-24(12-13)17-15(19)6-3-7-16(17)20;/h3,6-7,13-14H,2,4-5,8-12H2,1H3,(H2,21,22,23);1H. The summed E-state index contributed by atoms with van der Waals surface area (Å²) in [5.41, 5.74) is 0.0631. The summed E-state index contributed by atoms with van der Waals surface area (Å²) in [5, 5.41) is 6.60. The zero-order valence-corrected chi connectivity index (χ0v) is 17.3. The van der Waals surface area contributed by atoms with Gasteiger partial charge < -0.3 is 20.3 Å². The molecule has 146 valence electrons. The highest BCUT2D eigenvalue weighted by Crippen LogP contribution is 2.26. The van der Waals surface area contributed by atoms with E-state index in [0.29, 0.717) is 19.6 Å². The third kappa shape index (κ3) is 5.42. The van der Waals surface area contributed by atoms with E-state index in [-0.39, 0.29) is 41.8 Å². The van der Waals surface area contributed by atoms with Crippen LogP contribution < -0.4 is 15.5 Å². The van der Waals surface area contributed by atoms with Gasteiger partial charge in [-0.05, 0) is 38.3 Å². The Bertz CT molecular complexity index is 591. The number of halogens is 3. The molecule has 26 heavy (non-hydrogen) atoms. The van der Waals surface area contributed by atoms with Gasteiger partial charge in [0.2, 0.25) is 0 Å². The van der Waals surface area contributed by atoms with Crippen LogP contribution in [0, 0.1) is 11.6 Å². The van der Waals surface area contributed by atoms with Gasteiger partial charge in [0.25, 0.3) is 0 Å². The fourth-order valence-electron chi connectivity index (χ4n) is 3.37. The van der Waals surface area contributed by atoms with Gasteiger partial charge in [0.15, 0.2) is 5.96 Å². The van der Waals surface area contributed by atoms with Crippen molar-refractivity contribution in [2.45, 2.75) is 38.3 Å². The van der Waals surface area contributed by atoms with Gasteiger partial charge in [-0.1, -0.05) is 6.07 Å². The molecule has 2 unspecified atom stereocenters. The second-order valence-corrected chi connectivity index (χ2v) is 6.50. The largest absolute Gasteiger partial charge is 0.376 e. The Morgan fingerprint density at radius 1 is 1.31 bits per heavy atom. The van der Waals surface area contributed by atoms with Crippen LogP contribution >= 0.6 is 24.0 Å². The molecule has 1 aromatic carbocycles. The highest BCUT2D eigenvalue weighted by molar-refractivity contribution is 14.0. The number of aliphatic imine (C=N–C) groups is 1. The summed E-state index contributed by atoms with van der Waals surface area (Å²) >= 11 is 0. The predicted molar refractivity (Wildman–Crippen MR) is 110 cm³/mol. The molecule has 2 atom stereocenters. The number of rotatable bonds is 5. The molecule has 2 heterocycles. The Morgan fingerprint density at radius 2 is 2.08 bits per heavy atom. The minimum atomic E-state index is -0.514. The molecule has 0 aliphatic carbocycles. The third-order valence-electron chi connectivity index (χ3n) is 4.60. The molecule has 2 saturated heterocycles. The van der Waals surface area contributed by atoms with E-state index in [1.54, 1.807) is 4.90 Å². The highest BCUT2D eigenvalue weighted by atomic mass is 127. The first-order chi connectivity index (χ1) is 12.2. The van der Waals surface area contributed by atoms with Gasteiger partial charge in [-0.3, -0.25) is 4.99 Å². The van der Waals surface area contributed by atoms with Crippen LogP contribution in [-0.4, -0.2) is 50.9 Å². The fourth-order valence-corrected chi connectivity index (χ4v) is 3.37. The molecular weight excluding hydrogens is 453 g/mol. The SMILES string of the molecule is CCNC(=NCC1CCCO1)NC1CCN(c2c(F)cccc2F)C1.I. The lowest BCUT2D eigenvalue weighted by atomic mass is 10.2. The molecule has 0 bridgehead atoms. The second kappa shape index (κ2) is 10.2. The minimum absolute atomic E-state index is 0. The van der Waals surface area contributed by atoms with E-state index in [4.69, 9.17) is 4.74 Å². The van der Waals surface area contributed by atoms with Gasteiger partial charge >= 0.3 is 0 Å². The van der Waals surface area contributed by atoms with E-state index < -0.39 is 11.6 Å². The average molecular weight is 480 g/mol. The van der Waals surface area contributed by atoms with Crippen LogP contribution in [0.5, 0.6) is 0 Å². The lowest BCUT2D eigenvalue weighted by Gasteiger charge is -2.21. The fraction of sp³-hybridized carbons (Fsp3) is 0.611. The summed E-state index contributed by atoms with van der Waals surface area (Å²) in [5.74, 6) is -0.293. The van der Waals surface area contributed by atoms with Gasteiger partial charge in [0.1, 0.15) is 17.3 Å². The molecule has 2 fully saturated rings. The maximum atomic E-state index is 14.0. The molecule has 3 rings (SSSR count). The first-order valence-electron chi connectivity index (χ1n) is 9.02. The van der Waals surface area contributed by atoms with E-state index in [2.05, 4.69) is 15.6 Å². The van der Waals surface area contributed by atoms with Gasteiger partial charge in [0, 0.05) is 32.3 Å². The predicted octanol–water partition coefficient (Wildman–Crippen LogP) is 2.90. The summed E-state index contributed by atoms with van der Waals surface area (Å²) in [4.78, 5) is 6.35. The topological polar surface area (TPSA) is 48.9 Å². The van der Waals surface area contributed by atoms with Crippen molar-refractivity contribution in [3.63, 3.8) is 0 Å². The molecule has 0 aromatic heterocycles. The van der Waals surface area contributed by atoms with Crippen molar-refractivity contribution in [2.24, 2.45) is 4.99 Å². The van der Waals surface area contributed by atoms with E-state index in [1.165, 1.54) is 18.2 Å². The number of guanidine groups is 1. The molecule has 2 aliphatic rings. The molecule has 2 N–H and O–H groups in total. The summed E-state index contributed by atoms with van der Waals surface area (Å²) in [7, 11) is 0. The molecule has 2 aliphatic heterocycles. The number of hydrogen-bond acceptors (Lipinski definition) is 3. The third-order valence-corrected chi connectivity index (χ3v) is 4.60. The Kier molecular flexibility index (Phi) is 8.33. The molecule has 0 saturated carbocycles. The number of nitrogens with one attached hydrogen (secondary N) is 2. The van der Waals surface area contributed by atoms with Crippen molar-refractivity contribution in [3.8, 4) is 0 Å². The summed E-state index contributed by atoms with van der Waals surface area (Å²) in [6, 6.07) is 4.08. The molecule has 0 amide bonds. The van der Waals surface area contributed by atoms with Crippen molar-refractivity contribution in [1.29, 1.82) is 0 Å². The van der Waals surface area contributed by atoms with Crippen molar-refractivity contribution < 1.29 is 13.5 Å². The van der Waals surface area contributed by atoms with Gasteiger partial charge in [-0.15, -0.1) is 24.0 Å². The van der Waals surface area contributed by atoms with Crippen LogP contribution in [0.15, 0.2) is 23.2 Å². The zero-order chi connectivity index (χ0) is 17.6. The first kappa shape index (κ1) is 21.1. The van der Waals surface area contributed by atoms with Gasteiger partial charge in [0.05, 0.1) is 12.6 Å². The summed E-state index contributed by atoms with van der Waals surface area (Å²) in [6.45, 7) is 5.38. The molecule has 0 spiro atoms. The number of para-hydroxylation sites is 1. The summed E-state index contributed by atoms with van der Waals surface area (Å²) < 4.78 is 33.5. The maximum Gasteiger partial charge on any atom is 0.191 e. The van der Waals surface area contributed by atoms with E-state index >= 15 is 0 Å². The van der Waals surface area contributed by atoms with Crippen LogP contribution in [0.25, 0.3) is 0 Å². The van der Waals surface area contributed by atoms with Crippen LogP contribution in [0.3, 0.4) is 0 Å². The molecule has 0 radical (unpaired) electrons. The van der Waals surface area contributed by atoms with E-state index in [9.17, 15) is 8.78 Å². The van der Waals surface area contributed by atoms with Crippen molar-refractivity contribution in [1.82, 2.24) is 10.6 Å². The maximum absolute atomic E-state index is 14.0.